The Morgan fingerprint density at radius 3 is 2.60 bits per heavy atom. The van der Waals surface area contributed by atoms with Crippen LogP contribution in [0, 0.1) is 11.3 Å². The van der Waals surface area contributed by atoms with E-state index in [1.807, 2.05) is 6.07 Å². The van der Waals surface area contributed by atoms with Crippen molar-refractivity contribution in [3.63, 3.8) is 0 Å². The van der Waals surface area contributed by atoms with Crippen molar-refractivity contribution in [2.45, 2.75) is 19.3 Å². The number of hydrogen-bond acceptors (Lipinski definition) is 3. The van der Waals surface area contributed by atoms with Crippen molar-refractivity contribution in [1.29, 1.82) is 5.26 Å². The smallest absolute Gasteiger partial charge is 0.101 e. The molecule has 1 saturated heterocycles. The third-order valence-corrected chi connectivity index (χ3v) is 2.84. The van der Waals surface area contributed by atoms with Gasteiger partial charge in [0.25, 0.3) is 0 Å². The Labute approximate surface area is 90.1 Å². The monoisotopic (exact) mass is 201 g/mol. The molecule has 3 heteroatoms. The van der Waals surface area contributed by atoms with Gasteiger partial charge in [-0.15, -0.1) is 0 Å². The van der Waals surface area contributed by atoms with Crippen molar-refractivity contribution in [1.82, 2.24) is 0 Å². The summed E-state index contributed by atoms with van der Waals surface area (Å²) in [7, 11) is 0. The molecule has 0 atom stereocenters. The standard InChI is InChI=1S/C12H15N3/c13-9-10-4-5-11(14)8-12(10)15-6-2-1-3-7-15/h4-5,8H,1-3,6-7,14H2. The Bertz CT molecular complexity index is 386. The summed E-state index contributed by atoms with van der Waals surface area (Å²) in [4.78, 5) is 2.26. The van der Waals surface area contributed by atoms with Crippen molar-refractivity contribution < 1.29 is 0 Å². The molecule has 0 aliphatic carbocycles. The highest BCUT2D eigenvalue weighted by Crippen LogP contribution is 2.25. The lowest BCUT2D eigenvalue weighted by Gasteiger charge is -2.29. The maximum Gasteiger partial charge on any atom is 0.101 e. The fraction of sp³-hybridized carbons (Fsp3) is 0.417. The van der Waals surface area contributed by atoms with Gasteiger partial charge in [0.2, 0.25) is 0 Å². The summed E-state index contributed by atoms with van der Waals surface area (Å²) in [6.45, 7) is 2.08. The van der Waals surface area contributed by atoms with Crippen molar-refractivity contribution in [3.05, 3.63) is 23.8 Å². The lowest BCUT2D eigenvalue weighted by atomic mass is 10.1. The molecule has 0 amide bonds. The molecule has 1 heterocycles. The highest BCUT2D eigenvalue weighted by atomic mass is 15.1. The van der Waals surface area contributed by atoms with Crippen LogP contribution in [0.15, 0.2) is 18.2 Å². The third kappa shape index (κ3) is 2.04. The van der Waals surface area contributed by atoms with Crippen LogP contribution in [-0.4, -0.2) is 13.1 Å². The molecule has 1 aliphatic heterocycles. The molecule has 1 aromatic rings. The minimum Gasteiger partial charge on any atom is -0.399 e. The zero-order valence-corrected chi connectivity index (χ0v) is 8.74. The van der Waals surface area contributed by atoms with E-state index in [1.54, 1.807) is 12.1 Å². The lowest BCUT2D eigenvalue weighted by molar-refractivity contribution is 0.577. The SMILES string of the molecule is N#Cc1ccc(N)cc1N1CCCCC1. The second-order valence-electron chi connectivity index (χ2n) is 3.94. The number of benzene rings is 1. The Kier molecular flexibility index (Phi) is 2.77. The molecule has 2 N–H and O–H groups in total. The molecule has 0 bridgehead atoms. The van der Waals surface area contributed by atoms with E-state index in [-0.39, 0.29) is 0 Å². The molecule has 0 saturated carbocycles. The number of nitriles is 1. The van der Waals surface area contributed by atoms with Gasteiger partial charge in [0.05, 0.1) is 11.3 Å². The van der Waals surface area contributed by atoms with E-state index < -0.39 is 0 Å². The Hall–Kier alpha value is -1.69. The van der Waals surface area contributed by atoms with Gasteiger partial charge in [-0.3, -0.25) is 0 Å². The summed E-state index contributed by atoms with van der Waals surface area (Å²) in [6.07, 6.45) is 3.71. The van der Waals surface area contributed by atoms with Crippen LogP contribution in [0.3, 0.4) is 0 Å². The van der Waals surface area contributed by atoms with Crippen LogP contribution in [0.4, 0.5) is 11.4 Å². The normalized spacial score (nSPS) is 16.1. The van der Waals surface area contributed by atoms with Crippen LogP contribution in [0.5, 0.6) is 0 Å². The number of rotatable bonds is 1. The molecular formula is C12H15N3. The van der Waals surface area contributed by atoms with E-state index in [9.17, 15) is 0 Å². The molecule has 0 spiro atoms. The van der Waals surface area contributed by atoms with Gasteiger partial charge in [0.15, 0.2) is 0 Å². The van der Waals surface area contributed by atoms with Crippen molar-refractivity contribution in [3.8, 4) is 6.07 Å². The predicted molar refractivity (Wildman–Crippen MR) is 61.6 cm³/mol. The van der Waals surface area contributed by atoms with Crippen molar-refractivity contribution in [2.75, 3.05) is 23.7 Å². The van der Waals surface area contributed by atoms with Gasteiger partial charge >= 0.3 is 0 Å². The molecule has 0 unspecified atom stereocenters. The summed E-state index contributed by atoms with van der Waals surface area (Å²) in [5.41, 5.74) is 8.21. The first kappa shape index (κ1) is 9.85. The van der Waals surface area contributed by atoms with Crippen LogP contribution in [0.1, 0.15) is 24.8 Å². The van der Waals surface area contributed by atoms with Crippen LogP contribution < -0.4 is 10.6 Å². The largest absolute Gasteiger partial charge is 0.399 e. The number of nitrogen functional groups attached to an aromatic ring is 1. The maximum absolute atomic E-state index is 9.02. The fourth-order valence-corrected chi connectivity index (χ4v) is 2.04. The molecular weight excluding hydrogens is 186 g/mol. The first-order valence-electron chi connectivity index (χ1n) is 5.36. The Morgan fingerprint density at radius 1 is 1.20 bits per heavy atom. The molecule has 15 heavy (non-hydrogen) atoms. The van der Waals surface area contributed by atoms with Gasteiger partial charge in [-0.25, -0.2) is 0 Å². The molecule has 0 aromatic heterocycles. The number of hydrogen-bond donors (Lipinski definition) is 1. The highest BCUT2D eigenvalue weighted by Gasteiger charge is 2.14. The lowest BCUT2D eigenvalue weighted by Crippen LogP contribution is -2.30. The Morgan fingerprint density at radius 2 is 1.93 bits per heavy atom. The second-order valence-corrected chi connectivity index (χ2v) is 3.94. The third-order valence-electron chi connectivity index (χ3n) is 2.84. The summed E-state index contributed by atoms with van der Waals surface area (Å²) in [5.74, 6) is 0. The van der Waals surface area contributed by atoms with E-state index in [0.717, 1.165) is 30.0 Å². The van der Waals surface area contributed by atoms with Crippen LogP contribution >= 0.6 is 0 Å². The van der Waals surface area contributed by atoms with E-state index >= 15 is 0 Å². The van der Waals surface area contributed by atoms with Gasteiger partial charge in [-0.05, 0) is 37.5 Å². The number of nitrogens with two attached hydrogens (primary N) is 1. The average molecular weight is 201 g/mol. The second kappa shape index (κ2) is 4.22. The Balaban J connectivity index is 2.32. The van der Waals surface area contributed by atoms with E-state index in [4.69, 9.17) is 11.0 Å². The molecule has 0 radical (unpaired) electrons. The average Bonchev–Trinajstić information content (AvgIpc) is 2.30. The van der Waals surface area contributed by atoms with E-state index in [1.165, 1.54) is 19.3 Å². The van der Waals surface area contributed by atoms with Gasteiger partial charge in [0.1, 0.15) is 6.07 Å². The van der Waals surface area contributed by atoms with Crippen LogP contribution in [0.2, 0.25) is 0 Å². The summed E-state index contributed by atoms with van der Waals surface area (Å²) in [6, 6.07) is 7.72. The topological polar surface area (TPSA) is 53.1 Å². The minimum atomic E-state index is 0.728. The molecule has 1 aliphatic rings. The molecule has 3 nitrogen and oxygen atoms in total. The van der Waals surface area contributed by atoms with Gasteiger partial charge in [0, 0.05) is 18.8 Å². The summed E-state index contributed by atoms with van der Waals surface area (Å²) in [5, 5.41) is 9.02. The van der Waals surface area contributed by atoms with Crippen molar-refractivity contribution >= 4 is 11.4 Å². The zero-order chi connectivity index (χ0) is 10.7. The predicted octanol–water partition coefficient (Wildman–Crippen LogP) is 2.13. The van der Waals surface area contributed by atoms with Crippen LogP contribution in [0.25, 0.3) is 0 Å². The van der Waals surface area contributed by atoms with Gasteiger partial charge in [-0.2, -0.15) is 5.26 Å². The fourth-order valence-electron chi connectivity index (χ4n) is 2.04. The summed E-state index contributed by atoms with van der Waals surface area (Å²) < 4.78 is 0. The number of anilines is 2. The van der Waals surface area contributed by atoms with E-state index in [2.05, 4.69) is 11.0 Å². The molecule has 1 fully saturated rings. The number of nitrogens with zero attached hydrogens (tertiary/aromatic N) is 2. The zero-order valence-electron chi connectivity index (χ0n) is 8.74. The first-order chi connectivity index (χ1) is 7.31. The first-order valence-corrected chi connectivity index (χ1v) is 5.36. The number of piperidine rings is 1. The highest BCUT2D eigenvalue weighted by molar-refractivity contribution is 5.65. The summed E-state index contributed by atoms with van der Waals surface area (Å²) >= 11 is 0. The maximum atomic E-state index is 9.02. The van der Waals surface area contributed by atoms with Crippen LogP contribution in [-0.2, 0) is 0 Å². The van der Waals surface area contributed by atoms with E-state index in [0.29, 0.717) is 0 Å². The molecule has 78 valence electrons. The van der Waals surface area contributed by atoms with Gasteiger partial charge < -0.3 is 10.6 Å². The quantitative estimate of drug-likeness (QED) is 0.708. The van der Waals surface area contributed by atoms with Crippen molar-refractivity contribution in [2.24, 2.45) is 0 Å². The molecule has 1 aromatic carbocycles. The van der Waals surface area contributed by atoms with Gasteiger partial charge in [-0.1, -0.05) is 0 Å². The molecule has 2 rings (SSSR count). The minimum absolute atomic E-state index is 0.728.